The van der Waals surface area contributed by atoms with Gasteiger partial charge in [-0.3, -0.25) is 9.78 Å². The summed E-state index contributed by atoms with van der Waals surface area (Å²) < 4.78 is 6.77. The maximum absolute atomic E-state index is 12.5. The molecular weight excluding hydrogens is 364 g/mol. The second-order valence-electron chi connectivity index (χ2n) is 6.79. The van der Waals surface area contributed by atoms with E-state index >= 15 is 0 Å². The first-order chi connectivity index (χ1) is 13.6. The number of fused-ring (bicyclic) bond motifs is 4. The third-order valence-corrected chi connectivity index (χ3v) is 5.10. The fraction of sp³-hybridized carbons (Fsp3) is 0.263. The first-order valence-electron chi connectivity index (χ1n) is 8.85. The standard InChI is InChI=1S/C19H16N4O5/c24-8-13-12(25)7-14(28-13)23-17-16(18(26)22-19(23)27)21-15-10-4-2-1-3-9(10)5-6-11(15)20-17/h1-6,12-14,24-25H,7-8H2,(H,22,26,27)/t12-,13+,14+/m0/s1. The Bertz CT molecular complexity index is 1350. The number of aromatic amines is 1. The maximum Gasteiger partial charge on any atom is 0.332 e. The highest BCUT2D eigenvalue weighted by Gasteiger charge is 2.36. The Morgan fingerprint density at radius 3 is 2.75 bits per heavy atom. The molecule has 142 valence electrons. The van der Waals surface area contributed by atoms with Crippen LogP contribution in [0.15, 0.2) is 46.0 Å². The number of aliphatic hydroxyl groups excluding tert-OH is 2. The zero-order valence-corrected chi connectivity index (χ0v) is 14.6. The van der Waals surface area contributed by atoms with Gasteiger partial charge in [0.1, 0.15) is 12.3 Å². The van der Waals surface area contributed by atoms with Crippen molar-refractivity contribution in [1.29, 1.82) is 0 Å². The highest BCUT2D eigenvalue weighted by molar-refractivity contribution is 6.05. The lowest BCUT2D eigenvalue weighted by atomic mass is 10.1. The van der Waals surface area contributed by atoms with Crippen LogP contribution in [0.25, 0.3) is 33.0 Å². The average Bonchev–Trinajstić information content (AvgIpc) is 3.07. The van der Waals surface area contributed by atoms with Gasteiger partial charge in [0.15, 0.2) is 11.2 Å². The van der Waals surface area contributed by atoms with Crippen molar-refractivity contribution < 1.29 is 14.9 Å². The van der Waals surface area contributed by atoms with E-state index in [1.54, 1.807) is 6.07 Å². The summed E-state index contributed by atoms with van der Waals surface area (Å²) in [5, 5.41) is 21.1. The number of nitrogens with one attached hydrogen (secondary N) is 1. The van der Waals surface area contributed by atoms with E-state index in [1.807, 2.05) is 30.3 Å². The Hall–Kier alpha value is -3.14. The molecule has 9 heteroatoms. The second-order valence-corrected chi connectivity index (χ2v) is 6.79. The van der Waals surface area contributed by atoms with Gasteiger partial charge in [-0.2, -0.15) is 0 Å². The fourth-order valence-corrected chi connectivity index (χ4v) is 3.72. The van der Waals surface area contributed by atoms with Gasteiger partial charge in [-0.15, -0.1) is 0 Å². The van der Waals surface area contributed by atoms with E-state index in [0.29, 0.717) is 11.0 Å². The number of H-pyrrole nitrogens is 1. The van der Waals surface area contributed by atoms with E-state index in [2.05, 4.69) is 15.0 Å². The zero-order chi connectivity index (χ0) is 19.4. The largest absolute Gasteiger partial charge is 0.394 e. The molecule has 9 nitrogen and oxygen atoms in total. The van der Waals surface area contributed by atoms with E-state index in [0.717, 1.165) is 10.8 Å². The zero-order valence-electron chi connectivity index (χ0n) is 14.6. The molecule has 5 rings (SSSR count). The van der Waals surface area contributed by atoms with Gasteiger partial charge in [-0.05, 0) is 11.5 Å². The van der Waals surface area contributed by atoms with Crippen molar-refractivity contribution in [1.82, 2.24) is 19.5 Å². The Labute approximate surface area is 156 Å². The summed E-state index contributed by atoms with van der Waals surface area (Å²) >= 11 is 0. The van der Waals surface area contributed by atoms with Gasteiger partial charge in [-0.1, -0.05) is 30.3 Å². The molecule has 0 spiro atoms. The first kappa shape index (κ1) is 17.0. The number of hydrogen-bond donors (Lipinski definition) is 3. The summed E-state index contributed by atoms with van der Waals surface area (Å²) in [6, 6.07) is 11.3. The molecule has 0 amide bonds. The lowest BCUT2D eigenvalue weighted by molar-refractivity contribution is -0.0445. The predicted molar refractivity (Wildman–Crippen MR) is 101 cm³/mol. The van der Waals surface area contributed by atoms with Crippen molar-refractivity contribution in [2.45, 2.75) is 24.9 Å². The van der Waals surface area contributed by atoms with Crippen LogP contribution in [0, 0.1) is 0 Å². The summed E-state index contributed by atoms with van der Waals surface area (Å²) in [4.78, 5) is 36.2. The van der Waals surface area contributed by atoms with Crippen molar-refractivity contribution in [3.8, 4) is 0 Å². The van der Waals surface area contributed by atoms with E-state index in [9.17, 15) is 19.8 Å². The topological polar surface area (TPSA) is 130 Å². The van der Waals surface area contributed by atoms with Crippen LogP contribution in [-0.4, -0.2) is 48.5 Å². The number of hydrogen-bond acceptors (Lipinski definition) is 7. The molecule has 3 heterocycles. The lowest BCUT2D eigenvalue weighted by Gasteiger charge is -2.16. The third-order valence-electron chi connectivity index (χ3n) is 5.10. The van der Waals surface area contributed by atoms with Crippen LogP contribution in [0.3, 0.4) is 0 Å². The quantitative estimate of drug-likeness (QED) is 0.339. The van der Waals surface area contributed by atoms with Crippen LogP contribution >= 0.6 is 0 Å². The maximum atomic E-state index is 12.5. The minimum atomic E-state index is -0.929. The molecule has 1 fully saturated rings. The molecule has 0 aliphatic carbocycles. The lowest BCUT2D eigenvalue weighted by Crippen LogP contribution is -2.34. The predicted octanol–water partition coefficient (Wildman–Crippen LogP) is 0.427. The van der Waals surface area contributed by atoms with Gasteiger partial charge < -0.3 is 14.9 Å². The van der Waals surface area contributed by atoms with Crippen LogP contribution in [0.1, 0.15) is 12.6 Å². The molecule has 2 aromatic carbocycles. The van der Waals surface area contributed by atoms with Crippen LogP contribution < -0.4 is 11.2 Å². The van der Waals surface area contributed by atoms with E-state index in [-0.39, 0.29) is 24.2 Å². The monoisotopic (exact) mass is 380 g/mol. The van der Waals surface area contributed by atoms with Crippen LogP contribution in [0.5, 0.6) is 0 Å². The van der Waals surface area contributed by atoms with E-state index in [4.69, 9.17) is 4.74 Å². The molecule has 3 atom stereocenters. The van der Waals surface area contributed by atoms with Crippen molar-refractivity contribution in [3.05, 3.63) is 57.2 Å². The number of nitrogens with zero attached hydrogens (tertiary/aromatic N) is 3. The smallest absolute Gasteiger partial charge is 0.332 e. The van der Waals surface area contributed by atoms with Crippen LogP contribution in [-0.2, 0) is 4.74 Å². The first-order valence-corrected chi connectivity index (χ1v) is 8.85. The minimum Gasteiger partial charge on any atom is -0.394 e. The van der Waals surface area contributed by atoms with Crippen molar-refractivity contribution >= 4 is 33.0 Å². The molecule has 2 aromatic heterocycles. The van der Waals surface area contributed by atoms with E-state index in [1.165, 1.54) is 4.57 Å². The Morgan fingerprint density at radius 2 is 1.96 bits per heavy atom. The summed E-state index contributed by atoms with van der Waals surface area (Å²) in [5.74, 6) is 0. The molecule has 0 radical (unpaired) electrons. The number of aromatic nitrogens is 4. The molecule has 1 saturated heterocycles. The summed E-state index contributed by atoms with van der Waals surface area (Å²) in [7, 11) is 0. The molecule has 0 unspecified atom stereocenters. The number of aliphatic hydroxyl groups is 2. The number of rotatable bonds is 2. The van der Waals surface area contributed by atoms with Gasteiger partial charge in [0.2, 0.25) is 0 Å². The fourth-order valence-electron chi connectivity index (χ4n) is 3.72. The van der Waals surface area contributed by atoms with Crippen molar-refractivity contribution in [2.24, 2.45) is 0 Å². The van der Waals surface area contributed by atoms with Gasteiger partial charge in [0.25, 0.3) is 5.56 Å². The second kappa shape index (κ2) is 6.20. The Morgan fingerprint density at radius 1 is 1.14 bits per heavy atom. The normalized spacial score (nSPS) is 22.4. The van der Waals surface area contributed by atoms with Gasteiger partial charge in [-0.25, -0.2) is 19.3 Å². The molecule has 0 saturated carbocycles. The minimum absolute atomic E-state index is 0.00833. The molecular formula is C19H16N4O5. The highest BCUT2D eigenvalue weighted by Crippen LogP contribution is 2.30. The number of ether oxygens (including phenoxy) is 1. The van der Waals surface area contributed by atoms with Gasteiger partial charge >= 0.3 is 5.69 Å². The van der Waals surface area contributed by atoms with Crippen molar-refractivity contribution in [3.63, 3.8) is 0 Å². The molecule has 4 aromatic rings. The van der Waals surface area contributed by atoms with Crippen LogP contribution in [0.2, 0.25) is 0 Å². The van der Waals surface area contributed by atoms with Gasteiger partial charge in [0.05, 0.1) is 23.7 Å². The molecule has 28 heavy (non-hydrogen) atoms. The highest BCUT2D eigenvalue weighted by atomic mass is 16.5. The van der Waals surface area contributed by atoms with Crippen molar-refractivity contribution in [2.75, 3.05) is 6.61 Å². The van der Waals surface area contributed by atoms with Crippen LogP contribution in [0.4, 0.5) is 0 Å². The third kappa shape index (κ3) is 2.44. The summed E-state index contributed by atoms with van der Waals surface area (Å²) in [5.41, 5.74) is -0.177. The number of benzene rings is 2. The Kier molecular flexibility index (Phi) is 3.76. The molecule has 1 aliphatic rings. The SMILES string of the molecule is O=c1[nH]c(=O)n([C@H]2C[C@H](O)[C@@H](CO)O2)c2nc3ccc4ccccc4c3nc12. The molecule has 3 N–H and O–H groups in total. The van der Waals surface area contributed by atoms with E-state index < -0.39 is 29.7 Å². The summed E-state index contributed by atoms with van der Waals surface area (Å²) in [6.07, 6.45) is -2.52. The average molecular weight is 380 g/mol. The summed E-state index contributed by atoms with van der Waals surface area (Å²) in [6.45, 7) is -0.381. The molecule has 1 aliphatic heterocycles. The van der Waals surface area contributed by atoms with Gasteiger partial charge in [0, 0.05) is 11.8 Å². The Balaban J connectivity index is 1.82. The molecule has 0 bridgehead atoms.